The van der Waals surface area contributed by atoms with Crippen LogP contribution in [0.5, 0.6) is 5.75 Å². The summed E-state index contributed by atoms with van der Waals surface area (Å²) in [6.45, 7) is 3.81. The molecule has 1 aliphatic heterocycles. The lowest BCUT2D eigenvalue weighted by Crippen LogP contribution is -2.42. The zero-order chi connectivity index (χ0) is 25.9. The van der Waals surface area contributed by atoms with Gasteiger partial charge in [-0.2, -0.15) is 4.39 Å². The zero-order valence-corrected chi connectivity index (χ0v) is 20.6. The quantitative estimate of drug-likeness (QED) is 0.343. The van der Waals surface area contributed by atoms with Crippen molar-refractivity contribution < 1.29 is 18.3 Å². The molecule has 3 heterocycles. The van der Waals surface area contributed by atoms with E-state index in [-0.39, 0.29) is 23.3 Å². The van der Waals surface area contributed by atoms with Gasteiger partial charge in [0.15, 0.2) is 23.0 Å². The molecule has 1 aliphatic rings. The number of benzene rings is 2. The number of amides is 1. The SMILES string of the molecule is CCc1cc(Nc2nccn3c(-c4ccc(OC)c(F)c4F)cnc23)ccc1C(=O)NC1CCNCC1. The number of aromatic nitrogens is 3. The molecule has 0 bridgehead atoms. The molecule has 0 saturated carbocycles. The lowest BCUT2D eigenvalue weighted by Gasteiger charge is -2.24. The zero-order valence-electron chi connectivity index (χ0n) is 20.6. The molecule has 0 aliphatic carbocycles. The number of carbonyl (C=O) groups excluding carboxylic acids is 1. The number of aryl methyl sites for hydroxylation is 1. The first-order valence-electron chi connectivity index (χ1n) is 12.3. The predicted molar refractivity (Wildman–Crippen MR) is 137 cm³/mol. The average molecular weight is 507 g/mol. The van der Waals surface area contributed by atoms with Gasteiger partial charge in [-0.05, 0) is 68.2 Å². The number of carbonyl (C=O) groups is 1. The van der Waals surface area contributed by atoms with Crippen molar-refractivity contribution in [1.82, 2.24) is 25.0 Å². The molecule has 2 aromatic heterocycles. The van der Waals surface area contributed by atoms with Gasteiger partial charge in [0.25, 0.3) is 5.91 Å². The third-order valence-corrected chi connectivity index (χ3v) is 6.64. The van der Waals surface area contributed by atoms with Crippen LogP contribution in [-0.4, -0.2) is 46.5 Å². The Balaban J connectivity index is 1.42. The number of hydrogen-bond acceptors (Lipinski definition) is 6. The number of halogens is 2. The second-order valence-corrected chi connectivity index (χ2v) is 8.90. The highest BCUT2D eigenvalue weighted by Crippen LogP contribution is 2.31. The topological polar surface area (TPSA) is 92.6 Å². The maximum absolute atomic E-state index is 14.8. The van der Waals surface area contributed by atoms with Crippen molar-refractivity contribution in [1.29, 1.82) is 0 Å². The summed E-state index contributed by atoms with van der Waals surface area (Å²) in [5, 5.41) is 9.70. The van der Waals surface area contributed by atoms with E-state index in [1.165, 1.54) is 25.4 Å². The van der Waals surface area contributed by atoms with Gasteiger partial charge in [0.1, 0.15) is 0 Å². The highest BCUT2D eigenvalue weighted by atomic mass is 19.2. The molecule has 4 aromatic rings. The molecular formula is C27H28F2N6O2. The van der Waals surface area contributed by atoms with Crippen LogP contribution in [-0.2, 0) is 6.42 Å². The van der Waals surface area contributed by atoms with E-state index in [0.29, 0.717) is 29.1 Å². The standard InChI is InChI=1S/C27H28F2N6O2/c1-3-16-14-18(4-5-19(16)27(36)34-17-8-10-30-11-9-17)33-25-26-32-15-21(35(26)13-12-31-25)20-6-7-22(37-2)24(29)23(20)28/h4-7,12-15,17,30H,3,8-11H2,1-2H3,(H,31,33)(H,34,36). The van der Waals surface area contributed by atoms with Gasteiger partial charge in [-0.25, -0.2) is 14.4 Å². The number of rotatable bonds is 7. The first-order chi connectivity index (χ1) is 18.0. The summed E-state index contributed by atoms with van der Waals surface area (Å²) in [6.07, 6.45) is 7.18. The lowest BCUT2D eigenvalue weighted by atomic mass is 10.0. The van der Waals surface area contributed by atoms with Gasteiger partial charge in [-0.3, -0.25) is 9.20 Å². The van der Waals surface area contributed by atoms with Gasteiger partial charge in [0, 0.05) is 35.2 Å². The van der Waals surface area contributed by atoms with Crippen LogP contribution in [0.2, 0.25) is 0 Å². The van der Waals surface area contributed by atoms with Gasteiger partial charge in [-0.15, -0.1) is 0 Å². The Morgan fingerprint density at radius 2 is 1.97 bits per heavy atom. The smallest absolute Gasteiger partial charge is 0.251 e. The number of piperidine rings is 1. The summed E-state index contributed by atoms with van der Waals surface area (Å²) < 4.78 is 35.6. The molecule has 10 heteroatoms. The normalized spacial score (nSPS) is 14.1. The summed E-state index contributed by atoms with van der Waals surface area (Å²) in [5.74, 6) is -1.87. The molecule has 37 heavy (non-hydrogen) atoms. The van der Waals surface area contributed by atoms with E-state index < -0.39 is 11.6 Å². The molecule has 2 aromatic carbocycles. The molecule has 3 N–H and O–H groups in total. The Hall–Kier alpha value is -4.05. The van der Waals surface area contributed by atoms with Gasteiger partial charge < -0.3 is 20.7 Å². The third kappa shape index (κ3) is 4.84. The molecule has 0 radical (unpaired) electrons. The molecule has 1 saturated heterocycles. The molecule has 192 valence electrons. The Bertz CT molecular complexity index is 1450. The van der Waals surface area contributed by atoms with Crippen LogP contribution < -0.4 is 20.7 Å². The highest BCUT2D eigenvalue weighted by Gasteiger charge is 2.20. The summed E-state index contributed by atoms with van der Waals surface area (Å²) in [7, 11) is 1.28. The summed E-state index contributed by atoms with van der Waals surface area (Å²) in [6, 6.07) is 8.56. The van der Waals surface area contributed by atoms with Crippen molar-refractivity contribution in [2.24, 2.45) is 0 Å². The summed E-state index contributed by atoms with van der Waals surface area (Å²) in [4.78, 5) is 21.7. The highest BCUT2D eigenvalue weighted by molar-refractivity contribution is 5.96. The van der Waals surface area contributed by atoms with E-state index in [1.807, 2.05) is 25.1 Å². The lowest BCUT2D eigenvalue weighted by molar-refractivity contribution is 0.0928. The van der Waals surface area contributed by atoms with Crippen molar-refractivity contribution in [3.8, 4) is 17.0 Å². The van der Waals surface area contributed by atoms with E-state index >= 15 is 0 Å². The third-order valence-electron chi connectivity index (χ3n) is 6.64. The van der Waals surface area contributed by atoms with Crippen LogP contribution in [0.25, 0.3) is 16.9 Å². The van der Waals surface area contributed by atoms with Crippen molar-refractivity contribution in [2.75, 3.05) is 25.5 Å². The minimum atomic E-state index is -1.06. The van der Waals surface area contributed by atoms with Crippen LogP contribution in [0.4, 0.5) is 20.3 Å². The number of nitrogens with zero attached hydrogens (tertiary/aromatic N) is 3. The number of methoxy groups -OCH3 is 1. The van der Waals surface area contributed by atoms with Gasteiger partial charge >= 0.3 is 0 Å². The number of nitrogens with one attached hydrogen (secondary N) is 3. The summed E-state index contributed by atoms with van der Waals surface area (Å²) in [5.41, 5.74) is 3.17. The monoisotopic (exact) mass is 506 g/mol. The molecule has 5 rings (SSSR count). The number of hydrogen-bond donors (Lipinski definition) is 3. The number of anilines is 2. The number of ether oxygens (including phenoxy) is 1. The second-order valence-electron chi connectivity index (χ2n) is 8.90. The molecular weight excluding hydrogens is 478 g/mol. The first kappa shape index (κ1) is 24.6. The fourth-order valence-electron chi connectivity index (χ4n) is 4.65. The Morgan fingerprint density at radius 1 is 1.16 bits per heavy atom. The average Bonchev–Trinajstić information content (AvgIpc) is 3.35. The largest absolute Gasteiger partial charge is 0.494 e. The van der Waals surface area contributed by atoms with Crippen molar-refractivity contribution >= 4 is 23.1 Å². The fourth-order valence-corrected chi connectivity index (χ4v) is 4.65. The fraction of sp³-hybridized carbons (Fsp3) is 0.296. The molecule has 0 unspecified atom stereocenters. The van der Waals surface area contributed by atoms with E-state index in [2.05, 4.69) is 25.9 Å². The van der Waals surface area contributed by atoms with E-state index in [4.69, 9.17) is 4.74 Å². The van der Waals surface area contributed by atoms with Crippen molar-refractivity contribution in [2.45, 2.75) is 32.2 Å². The van der Waals surface area contributed by atoms with Crippen LogP contribution in [0.1, 0.15) is 35.7 Å². The van der Waals surface area contributed by atoms with Crippen molar-refractivity contribution in [3.63, 3.8) is 0 Å². The molecule has 1 amide bonds. The van der Waals surface area contributed by atoms with Crippen LogP contribution in [0.3, 0.4) is 0 Å². The molecule has 0 spiro atoms. The van der Waals surface area contributed by atoms with E-state index in [1.54, 1.807) is 16.8 Å². The Labute approximate surface area is 213 Å². The molecule has 8 nitrogen and oxygen atoms in total. The number of imidazole rings is 1. The Kier molecular flexibility index (Phi) is 7.00. The van der Waals surface area contributed by atoms with E-state index in [9.17, 15) is 13.6 Å². The maximum atomic E-state index is 14.8. The van der Waals surface area contributed by atoms with Crippen LogP contribution >= 0.6 is 0 Å². The van der Waals surface area contributed by atoms with Crippen LogP contribution in [0.15, 0.2) is 48.9 Å². The van der Waals surface area contributed by atoms with Gasteiger partial charge in [0.2, 0.25) is 5.82 Å². The van der Waals surface area contributed by atoms with Gasteiger partial charge in [-0.1, -0.05) is 6.92 Å². The second kappa shape index (κ2) is 10.5. The minimum absolute atomic E-state index is 0.0559. The number of fused-ring (bicyclic) bond motifs is 1. The van der Waals surface area contributed by atoms with Crippen molar-refractivity contribution in [3.05, 3.63) is 71.7 Å². The maximum Gasteiger partial charge on any atom is 0.251 e. The predicted octanol–water partition coefficient (Wildman–Crippen LogP) is 4.47. The molecule has 0 atom stereocenters. The first-order valence-corrected chi connectivity index (χ1v) is 12.3. The summed E-state index contributed by atoms with van der Waals surface area (Å²) >= 11 is 0. The van der Waals surface area contributed by atoms with Crippen LogP contribution in [0, 0.1) is 11.6 Å². The molecule has 1 fully saturated rings. The Morgan fingerprint density at radius 3 is 2.73 bits per heavy atom. The van der Waals surface area contributed by atoms with E-state index in [0.717, 1.165) is 37.2 Å². The van der Waals surface area contributed by atoms with Gasteiger partial charge in [0.05, 0.1) is 19.0 Å². The minimum Gasteiger partial charge on any atom is -0.494 e.